The number of hydrogen-bond acceptors (Lipinski definition) is 5. The lowest BCUT2D eigenvalue weighted by atomic mass is 9.94. The molecular weight excluding hydrogens is 364 g/mol. The van der Waals surface area contributed by atoms with Gasteiger partial charge in [0.25, 0.3) is 5.91 Å². The fourth-order valence-electron chi connectivity index (χ4n) is 4.68. The molecule has 2 fully saturated rings. The van der Waals surface area contributed by atoms with E-state index in [9.17, 15) is 4.79 Å². The third-order valence-corrected chi connectivity index (χ3v) is 6.40. The topological polar surface area (TPSA) is 83.9 Å². The van der Waals surface area contributed by atoms with E-state index in [-0.39, 0.29) is 17.5 Å². The molecule has 4 rings (SSSR count). The second-order valence-corrected chi connectivity index (χ2v) is 8.51. The summed E-state index contributed by atoms with van der Waals surface area (Å²) in [5.41, 5.74) is 1.62. The van der Waals surface area contributed by atoms with Crippen molar-refractivity contribution in [1.82, 2.24) is 30.9 Å². The van der Waals surface area contributed by atoms with Crippen LogP contribution in [0.15, 0.2) is 36.5 Å². The second-order valence-electron chi connectivity index (χ2n) is 8.51. The van der Waals surface area contributed by atoms with E-state index in [0.717, 1.165) is 38.8 Å². The van der Waals surface area contributed by atoms with Crippen LogP contribution in [-0.4, -0.2) is 46.1 Å². The number of aromatic nitrogens is 3. The van der Waals surface area contributed by atoms with E-state index in [2.05, 4.69) is 57.5 Å². The molecule has 3 N–H and O–H groups in total. The normalized spacial score (nSPS) is 20.4. The molecule has 1 aromatic heterocycles. The summed E-state index contributed by atoms with van der Waals surface area (Å²) in [6.45, 7) is 4.78. The van der Waals surface area contributed by atoms with Crippen molar-refractivity contribution in [3.05, 3.63) is 47.8 Å². The highest BCUT2D eigenvalue weighted by molar-refractivity contribution is 5.91. The van der Waals surface area contributed by atoms with Crippen LogP contribution in [0.2, 0.25) is 0 Å². The fourth-order valence-corrected chi connectivity index (χ4v) is 4.68. The summed E-state index contributed by atoms with van der Waals surface area (Å²) >= 11 is 0. The third-order valence-electron chi connectivity index (χ3n) is 6.40. The number of piperidine rings is 1. The molecule has 2 heterocycles. The second kappa shape index (κ2) is 9.05. The van der Waals surface area contributed by atoms with Gasteiger partial charge in [0.15, 0.2) is 5.69 Å². The molecule has 1 atom stereocenters. The standard InChI is InChI=1S/C22H32N6O/c1-17(18-7-3-2-4-8-18)25-22(11-5-6-12-22)16-24-21(29)20-15-28(27-26-20)19-9-13-23-14-10-19/h2-4,7-8,15,17,19,23,25H,5-6,9-14,16H2,1H3,(H,24,29). The number of nitrogens with one attached hydrogen (secondary N) is 3. The van der Waals surface area contributed by atoms with E-state index in [1.807, 2.05) is 10.7 Å². The first kappa shape index (κ1) is 20.0. The van der Waals surface area contributed by atoms with Crippen molar-refractivity contribution >= 4 is 5.91 Å². The summed E-state index contributed by atoms with van der Waals surface area (Å²) in [7, 11) is 0. The first-order valence-electron chi connectivity index (χ1n) is 10.9. The molecule has 0 spiro atoms. The average Bonchev–Trinajstić information content (AvgIpc) is 3.44. The maximum atomic E-state index is 12.7. The Bertz CT molecular complexity index is 793. The largest absolute Gasteiger partial charge is 0.349 e. The molecule has 2 aliphatic rings. The van der Waals surface area contributed by atoms with Gasteiger partial charge in [0.2, 0.25) is 0 Å². The smallest absolute Gasteiger partial charge is 0.273 e. The van der Waals surface area contributed by atoms with E-state index in [4.69, 9.17) is 0 Å². The first-order chi connectivity index (χ1) is 14.2. The van der Waals surface area contributed by atoms with Gasteiger partial charge in [0, 0.05) is 18.1 Å². The van der Waals surface area contributed by atoms with Gasteiger partial charge in [0.1, 0.15) is 0 Å². The molecule has 29 heavy (non-hydrogen) atoms. The average molecular weight is 397 g/mol. The van der Waals surface area contributed by atoms with Gasteiger partial charge in [-0.3, -0.25) is 4.79 Å². The zero-order valence-electron chi connectivity index (χ0n) is 17.2. The first-order valence-corrected chi connectivity index (χ1v) is 10.9. The van der Waals surface area contributed by atoms with Crippen molar-refractivity contribution in [3.8, 4) is 0 Å². The molecule has 7 nitrogen and oxygen atoms in total. The lowest BCUT2D eigenvalue weighted by molar-refractivity contribution is 0.0931. The Morgan fingerprint density at radius 1 is 1.24 bits per heavy atom. The minimum absolute atomic E-state index is 0.0596. The van der Waals surface area contributed by atoms with E-state index < -0.39 is 0 Å². The highest BCUT2D eigenvalue weighted by Gasteiger charge is 2.35. The van der Waals surface area contributed by atoms with Crippen molar-refractivity contribution < 1.29 is 4.79 Å². The number of carbonyl (C=O) groups excluding carboxylic acids is 1. The van der Waals surface area contributed by atoms with Crippen molar-refractivity contribution in [2.45, 2.75) is 63.1 Å². The minimum atomic E-state index is -0.134. The molecule has 1 saturated heterocycles. The van der Waals surface area contributed by atoms with Crippen LogP contribution < -0.4 is 16.0 Å². The molecule has 7 heteroatoms. The molecule has 1 saturated carbocycles. The van der Waals surface area contributed by atoms with Gasteiger partial charge in [-0.15, -0.1) is 5.10 Å². The zero-order chi connectivity index (χ0) is 20.1. The molecular formula is C22H32N6O. The summed E-state index contributed by atoms with van der Waals surface area (Å²) in [5.74, 6) is -0.134. The summed E-state index contributed by atoms with van der Waals surface area (Å²) < 4.78 is 1.86. The molecule has 1 aliphatic carbocycles. The third kappa shape index (κ3) is 4.85. The van der Waals surface area contributed by atoms with Gasteiger partial charge in [0.05, 0.1) is 12.2 Å². The monoisotopic (exact) mass is 396 g/mol. The minimum Gasteiger partial charge on any atom is -0.349 e. The predicted octanol–water partition coefficient (Wildman–Crippen LogP) is 2.60. The Hall–Kier alpha value is -2.25. The van der Waals surface area contributed by atoms with E-state index in [1.165, 1.54) is 18.4 Å². The van der Waals surface area contributed by atoms with Gasteiger partial charge in [-0.05, 0) is 51.3 Å². The fraction of sp³-hybridized carbons (Fsp3) is 0.591. The van der Waals surface area contributed by atoms with E-state index in [0.29, 0.717) is 18.3 Å². The summed E-state index contributed by atoms with van der Waals surface area (Å²) in [4.78, 5) is 12.7. The molecule has 1 aliphatic heterocycles. The Morgan fingerprint density at radius 3 is 2.69 bits per heavy atom. The Labute approximate surface area is 172 Å². The highest BCUT2D eigenvalue weighted by Crippen LogP contribution is 2.32. The number of benzene rings is 1. The molecule has 1 unspecified atom stereocenters. The van der Waals surface area contributed by atoms with Crippen LogP contribution in [0.25, 0.3) is 0 Å². The van der Waals surface area contributed by atoms with Crippen LogP contribution in [-0.2, 0) is 0 Å². The van der Waals surface area contributed by atoms with Gasteiger partial charge in [-0.25, -0.2) is 4.68 Å². The van der Waals surface area contributed by atoms with E-state index in [1.54, 1.807) is 6.20 Å². The van der Waals surface area contributed by atoms with Crippen molar-refractivity contribution in [1.29, 1.82) is 0 Å². The number of nitrogens with zero attached hydrogens (tertiary/aromatic N) is 3. The molecule has 156 valence electrons. The Morgan fingerprint density at radius 2 is 1.97 bits per heavy atom. The lowest BCUT2D eigenvalue weighted by Gasteiger charge is -2.34. The van der Waals surface area contributed by atoms with Gasteiger partial charge < -0.3 is 16.0 Å². The highest BCUT2D eigenvalue weighted by atomic mass is 16.2. The van der Waals surface area contributed by atoms with Crippen molar-refractivity contribution in [2.75, 3.05) is 19.6 Å². The van der Waals surface area contributed by atoms with Crippen LogP contribution in [0.5, 0.6) is 0 Å². The number of rotatable bonds is 7. The predicted molar refractivity (Wildman–Crippen MR) is 113 cm³/mol. The van der Waals surface area contributed by atoms with Gasteiger partial charge >= 0.3 is 0 Å². The maximum absolute atomic E-state index is 12.7. The molecule has 0 bridgehead atoms. The van der Waals surface area contributed by atoms with Gasteiger partial charge in [-0.2, -0.15) is 0 Å². The van der Waals surface area contributed by atoms with Crippen LogP contribution in [0.1, 0.15) is 73.6 Å². The Balaban J connectivity index is 1.37. The Kier molecular flexibility index (Phi) is 6.25. The van der Waals surface area contributed by atoms with Crippen molar-refractivity contribution in [3.63, 3.8) is 0 Å². The van der Waals surface area contributed by atoms with Crippen LogP contribution >= 0.6 is 0 Å². The quantitative estimate of drug-likeness (QED) is 0.670. The number of amides is 1. The summed E-state index contributed by atoms with van der Waals surface area (Å²) in [6, 6.07) is 11.1. The number of carbonyl (C=O) groups is 1. The maximum Gasteiger partial charge on any atom is 0.273 e. The number of hydrogen-bond donors (Lipinski definition) is 3. The summed E-state index contributed by atoms with van der Waals surface area (Å²) in [6.07, 6.45) is 8.38. The van der Waals surface area contributed by atoms with Crippen LogP contribution in [0.4, 0.5) is 0 Å². The molecule has 2 aromatic rings. The molecule has 0 radical (unpaired) electrons. The van der Waals surface area contributed by atoms with Crippen molar-refractivity contribution in [2.24, 2.45) is 0 Å². The SMILES string of the molecule is CC(NC1(CNC(=O)c2cn(C3CCNCC3)nn2)CCCC1)c1ccccc1. The summed E-state index contributed by atoms with van der Waals surface area (Å²) in [5, 5.41) is 18.6. The zero-order valence-corrected chi connectivity index (χ0v) is 17.2. The van der Waals surface area contributed by atoms with Crippen LogP contribution in [0, 0.1) is 0 Å². The van der Waals surface area contributed by atoms with Crippen LogP contribution in [0.3, 0.4) is 0 Å². The molecule has 1 amide bonds. The van der Waals surface area contributed by atoms with Gasteiger partial charge in [-0.1, -0.05) is 48.4 Å². The molecule has 1 aromatic carbocycles. The lowest BCUT2D eigenvalue weighted by Crippen LogP contribution is -2.52. The van der Waals surface area contributed by atoms with E-state index >= 15 is 0 Å².